The Bertz CT molecular complexity index is 651. The van der Waals surface area contributed by atoms with E-state index in [-0.39, 0.29) is 18.5 Å². The number of nitrogens with one attached hydrogen (secondary N) is 1. The zero-order chi connectivity index (χ0) is 16.6. The first-order valence-electron chi connectivity index (χ1n) is 7.76. The Balaban J connectivity index is 1.71. The molecule has 2 heterocycles. The number of anilines is 1. The molecule has 0 aromatic carbocycles. The SMILES string of the molecule is Cc1cnc(NC(=O)CN2C(=O)N(C)C3(CCCCC3)C2=O)s1. The third-order valence-corrected chi connectivity index (χ3v) is 5.48. The molecule has 1 N–H and O–H groups in total. The zero-order valence-corrected chi connectivity index (χ0v) is 14.1. The lowest BCUT2D eigenvalue weighted by Crippen LogP contribution is -2.49. The summed E-state index contributed by atoms with van der Waals surface area (Å²) in [5.74, 6) is -0.641. The molecule has 4 amide bonds. The highest BCUT2D eigenvalue weighted by atomic mass is 32.1. The number of rotatable bonds is 3. The van der Waals surface area contributed by atoms with Crippen LogP contribution in [0.3, 0.4) is 0 Å². The van der Waals surface area contributed by atoms with Gasteiger partial charge in [-0.1, -0.05) is 19.3 Å². The molecule has 1 aromatic rings. The number of thiazole rings is 1. The highest BCUT2D eigenvalue weighted by Gasteiger charge is 2.55. The van der Waals surface area contributed by atoms with Crippen LogP contribution in [0, 0.1) is 6.92 Å². The lowest BCUT2D eigenvalue weighted by atomic mass is 9.81. The molecule has 7 nitrogen and oxygen atoms in total. The van der Waals surface area contributed by atoms with Gasteiger partial charge in [-0.15, -0.1) is 11.3 Å². The van der Waals surface area contributed by atoms with Gasteiger partial charge in [-0.3, -0.25) is 14.5 Å². The van der Waals surface area contributed by atoms with Gasteiger partial charge in [0.15, 0.2) is 5.13 Å². The molecular formula is C15H20N4O3S. The molecule has 1 spiro atoms. The van der Waals surface area contributed by atoms with Crippen LogP contribution in [0.4, 0.5) is 9.93 Å². The minimum Gasteiger partial charge on any atom is -0.313 e. The molecule has 1 saturated carbocycles. The molecule has 23 heavy (non-hydrogen) atoms. The molecule has 1 aliphatic heterocycles. The van der Waals surface area contributed by atoms with E-state index in [1.807, 2.05) is 6.92 Å². The van der Waals surface area contributed by atoms with Gasteiger partial charge in [0.2, 0.25) is 5.91 Å². The summed E-state index contributed by atoms with van der Waals surface area (Å²) in [7, 11) is 1.66. The number of carbonyl (C=O) groups is 3. The number of likely N-dealkylation sites (N-methyl/N-ethyl adjacent to an activating group) is 1. The fourth-order valence-electron chi connectivity index (χ4n) is 3.39. The molecule has 0 bridgehead atoms. The van der Waals surface area contributed by atoms with Crippen molar-refractivity contribution < 1.29 is 14.4 Å². The van der Waals surface area contributed by atoms with Crippen LogP contribution in [0.1, 0.15) is 37.0 Å². The summed E-state index contributed by atoms with van der Waals surface area (Å²) in [5.41, 5.74) is -0.743. The summed E-state index contributed by atoms with van der Waals surface area (Å²) < 4.78 is 0. The van der Waals surface area contributed by atoms with Crippen molar-refractivity contribution in [3.63, 3.8) is 0 Å². The van der Waals surface area contributed by atoms with Crippen LogP contribution >= 0.6 is 11.3 Å². The van der Waals surface area contributed by atoms with Crippen LogP contribution < -0.4 is 5.32 Å². The first kappa shape index (κ1) is 15.9. The Morgan fingerprint density at radius 3 is 2.65 bits per heavy atom. The molecule has 8 heteroatoms. The number of hydrogen-bond donors (Lipinski definition) is 1. The molecule has 124 valence electrons. The Hall–Kier alpha value is -1.96. The van der Waals surface area contributed by atoms with E-state index in [2.05, 4.69) is 10.3 Å². The predicted molar refractivity (Wildman–Crippen MR) is 86.2 cm³/mol. The second-order valence-electron chi connectivity index (χ2n) is 6.15. The number of aryl methyl sites for hydroxylation is 1. The van der Waals surface area contributed by atoms with E-state index in [1.54, 1.807) is 13.2 Å². The van der Waals surface area contributed by atoms with Gasteiger partial charge in [-0.05, 0) is 19.8 Å². The van der Waals surface area contributed by atoms with Gasteiger partial charge in [0, 0.05) is 18.1 Å². The summed E-state index contributed by atoms with van der Waals surface area (Å²) in [6.07, 6.45) is 5.97. The Morgan fingerprint density at radius 2 is 2.04 bits per heavy atom. The quantitative estimate of drug-likeness (QED) is 0.856. The number of imide groups is 1. The van der Waals surface area contributed by atoms with E-state index in [4.69, 9.17) is 0 Å². The number of aromatic nitrogens is 1. The maximum absolute atomic E-state index is 12.8. The average molecular weight is 336 g/mol. The standard InChI is InChI=1S/C15H20N4O3S/c1-10-8-16-13(23-10)17-11(20)9-19-12(21)15(18(2)14(19)22)6-4-3-5-7-15/h8H,3-7,9H2,1-2H3,(H,16,17,20). The Labute approximate surface area is 138 Å². The summed E-state index contributed by atoms with van der Waals surface area (Å²) >= 11 is 1.36. The molecular weight excluding hydrogens is 316 g/mol. The molecule has 3 rings (SSSR count). The summed E-state index contributed by atoms with van der Waals surface area (Å²) in [6, 6.07) is -0.387. The van der Waals surface area contributed by atoms with Crippen LogP contribution in [0.5, 0.6) is 0 Å². The average Bonchev–Trinajstić information content (AvgIpc) is 3.01. The fraction of sp³-hybridized carbons (Fsp3) is 0.600. The lowest BCUT2D eigenvalue weighted by molar-refractivity contribution is -0.136. The van der Waals surface area contributed by atoms with Gasteiger partial charge in [0.1, 0.15) is 12.1 Å². The minimum absolute atomic E-state index is 0.241. The first-order valence-corrected chi connectivity index (χ1v) is 8.58. The van der Waals surface area contributed by atoms with Crippen molar-refractivity contribution in [3.8, 4) is 0 Å². The van der Waals surface area contributed by atoms with Crippen LogP contribution in [0.2, 0.25) is 0 Å². The number of hydrogen-bond acceptors (Lipinski definition) is 5. The Morgan fingerprint density at radius 1 is 1.35 bits per heavy atom. The second kappa shape index (κ2) is 5.92. The van der Waals surface area contributed by atoms with Crippen LogP contribution in [0.25, 0.3) is 0 Å². The molecule has 0 unspecified atom stereocenters. The zero-order valence-electron chi connectivity index (χ0n) is 13.3. The lowest BCUT2D eigenvalue weighted by Gasteiger charge is -2.35. The molecule has 0 atom stereocenters. The highest BCUT2D eigenvalue weighted by Crippen LogP contribution is 2.39. The summed E-state index contributed by atoms with van der Waals surface area (Å²) in [4.78, 5) is 45.0. The van der Waals surface area contributed by atoms with Crippen molar-refractivity contribution >= 4 is 34.3 Å². The van der Waals surface area contributed by atoms with Crippen molar-refractivity contribution in [2.45, 2.75) is 44.6 Å². The predicted octanol–water partition coefficient (Wildman–Crippen LogP) is 1.99. The summed E-state index contributed by atoms with van der Waals surface area (Å²) in [6.45, 7) is 1.63. The first-order chi connectivity index (χ1) is 10.9. The number of carbonyl (C=O) groups excluding carboxylic acids is 3. The fourth-order valence-corrected chi connectivity index (χ4v) is 4.07. The van der Waals surface area contributed by atoms with E-state index in [9.17, 15) is 14.4 Å². The van der Waals surface area contributed by atoms with Gasteiger partial charge in [-0.25, -0.2) is 9.78 Å². The van der Waals surface area contributed by atoms with E-state index < -0.39 is 11.4 Å². The normalized spacial score (nSPS) is 20.4. The topological polar surface area (TPSA) is 82.6 Å². The van der Waals surface area contributed by atoms with E-state index in [0.29, 0.717) is 18.0 Å². The molecule has 2 fully saturated rings. The van der Waals surface area contributed by atoms with Crippen LogP contribution in [-0.4, -0.2) is 51.8 Å². The van der Waals surface area contributed by atoms with Gasteiger partial charge >= 0.3 is 6.03 Å². The van der Waals surface area contributed by atoms with E-state index in [1.165, 1.54) is 16.2 Å². The molecule has 1 saturated heterocycles. The maximum atomic E-state index is 12.8. The largest absolute Gasteiger partial charge is 0.327 e. The third-order valence-electron chi connectivity index (χ3n) is 4.65. The molecule has 0 radical (unpaired) electrons. The van der Waals surface area contributed by atoms with Crippen molar-refractivity contribution in [1.29, 1.82) is 0 Å². The molecule has 2 aliphatic rings. The van der Waals surface area contributed by atoms with Crippen molar-refractivity contribution in [1.82, 2.24) is 14.8 Å². The van der Waals surface area contributed by atoms with Gasteiger partial charge in [0.05, 0.1) is 0 Å². The second-order valence-corrected chi connectivity index (χ2v) is 7.38. The molecule has 1 aliphatic carbocycles. The van der Waals surface area contributed by atoms with Crippen molar-refractivity contribution in [3.05, 3.63) is 11.1 Å². The van der Waals surface area contributed by atoms with Crippen LogP contribution in [-0.2, 0) is 9.59 Å². The van der Waals surface area contributed by atoms with E-state index in [0.717, 1.165) is 29.0 Å². The maximum Gasteiger partial charge on any atom is 0.327 e. The highest BCUT2D eigenvalue weighted by molar-refractivity contribution is 7.15. The van der Waals surface area contributed by atoms with Gasteiger partial charge < -0.3 is 10.2 Å². The van der Waals surface area contributed by atoms with Gasteiger partial charge in [0.25, 0.3) is 5.91 Å². The number of urea groups is 1. The summed E-state index contributed by atoms with van der Waals surface area (Å²) in [5, 5.41) is 3.12. The third kappa shape index (κ3) is 2.71. The van der Waals surface area contributed by atoms with Crippen LogP contribution in [0.15, 0.2) is 6.20 Å². The number of amides is 4. The van der Waals surface area contributed by atoms with Crippen molar-refractivity contribution in [2.24, 2.45) is 0 Å². The smallest absolute Gasteiger partial charge is 0.313 e. The van der Waals surface area contributed by atoms with Crippen molar-refractivity contribution in [2.75, 3.05) is 18.9 Å². The Kier molecular flexibility index (Phi) is 4.09. The number of nitrogens with zero attached hydrogens (tertiary/aromatic N) is 3. The van der Waals surface area contributed by atoms with Gasteiger partial charge in [-0.2, -0.15) is 0 Å². The minimum atomic E-state index is -0.743. The monoisotopic (exact) mass is 336 g/mol. The molecule has 1 aromatic heterocycles. The van der Waals surface area contributed by atoms with E-state index >= 15 is 0 Å².